The van der Waals surface area contributed by atoms with Crippen molar-refractivity contribution >= 4 is 23.7 Å². The monoisotopic (exact) mass is 392 g/mol. The minimum absolute atomic E-state index is 0.0348. The van der Waals surface area contributed by atoms with E-state index >= 15 is 0 Å². The molecule has 0 spiro atoms. The minimum atomic E-state index is -0.755. The second-order valence-electron chi connectivity index (χ2n) is 5.98. The predicted molar refractivity (Wildman–Crippen MR) is 98.9 cm³/mol. The first kappa shape index (κ1) is 23.0. The zero-order valence-corrected chi connectivity index (χ0v) is 16.3. The summed E-state index contributed by atoms with van der Waals surface area (Å²) in [7, 11) is 1.49. The van der Waals surface area contributed by atoms with Gasteiger partial charge in [0.15, 0.2) is 5.78 Å². The fourth-order valence-corrected chi connectivity index (χ4v) is 1.91. The first-order valence-corrected chi connectivity index (χ1v) is 8.60. The van der Waals surface area contributed by atoms with Crippen molar-refractivity contribution in [1.29, 1.82) is 0 Å². The number of esters is 3. The molecule has 0 fully saturated rings. The molecule has 28 heavy (non-hydrogen) atoms. The summed E-state index contributed by atoms with van der Waals surface area (Å²) in [6, 6.07) is 6.07. The van der Waals surface area contributed by atoms with Gasteiger partial charge in [-0.1, -0.05) is 12.1 Å². The van der Waals surface area contributed by atoms with Crippen molar-refractivity contribution in [3.05, 3.63) is 47.5 Å². The molecule has 0 radical (unpaired) electrons. The third-order valence-electron chi connectivity index (χ3n) is 3.44. The quantitative estimate of drug-likeness (QED) is 0.339. The van der Waals surface area contributed by atoms with Gasteiger partial charge >= 0.3 is 17.9 Å². The third-order valence-corrected chi connectivity index (χ3v) is 3.44. The van der Waals surface area contributed by atoms with Crippen LogP contribution in [0.2, 0.25) is 0 Å². The number of hydrogen-bond donors (Lipinski definition) is 0. The Balaban J connectivity index is 2.66. The molecule has 0 heterocycles. The Kier molecular flexibility index (Phi) is 9.59. The molecule has 8 nitrogen and oxygen atoms in total. The van der Waals surface area contributed by atoms with Crippen LogP contribution in [-0.2, 0) is 28.5 Å². The molecule has 0 N–H and O–H groups in total. The van der Waals surface area contributed by atoms with E-state index in [9.17, 15) is 19.2 Å². The molecule has 0 aromatic heterocycles. The molecule has 0 amide bonds. The summed E-state index contributed by atoms with van der Waals surface area (Å²) in [5.41, 5.74) is 0.0948. The van der Waals surface area contributed by atoms with Crippen molar-refractivity contribution in [2.24, 2.45) is 0 Å². The largest absolute Gasteiger partial charge is 0.459 e. The number of rotatable bonds is 10. The summed E-state index contributed by atoms with van der Waals surface area (Å²) in [5.74, 6) is -2.45. The Labute approximate surface area is 163 Å². The number of methoxy groups -OCH3 is 1. The summed E-state index contributed by atoms with van der Waals surface area (Å²) < 4.78 is 20.2. The lowest BCUT2D eigenvalue weighted by atomic mass is 10.1. The molecular weight excluding hydrogens is 368 g/mol. The number of carbonyl (C=O) groups is 4. The van der Waals surface area contributed by atoms with Crippen LogP contribution in [0.3, 0.4) is 0 Å². The Morgan fingerprint density at radius 2 is 1.39 bits per heavy atom. The summed E-state index contributed by atoms with van der Waals surface area (Å²) in [4.78, 5) is 46.8. The molecule has 2 unspecified atom stereocenters. The fraction of sp³-hybridized carbons (Fsp3) is 0.400. The van der Waals surface area contributed by atoms with Crippen molar-refractivity contribution in [2.75, 3.05) is 20.3 Å². The molecule has 0 aliphatic rings. The number of hydrogen-bond acceptors (Lipinski definition) is 8. The third kappa shape index (κ3) is 8.13. The SMILES string of the molecule is COC(C)COC(=O)c1ccccc1C(=O)OCC(C)OC(=O)C=CC(C)=O. The highest BCUT2D eigenvalue weighted by molar-refractivity contribution is 6.03. The maximum absolute atomic E-state index is 12.3. The lowest BCUT2D eigenvalue weighted by molar-refractivity contribution is -0.144. The summed E-state index contributed by atoms with van der Waals surface area (Å²) in [6.07, 6.45) is 1.05. The minimum Gasteiger partial charge on any atom is -0.459 e. The maximum atomic E-state index is 12.3. The van der Waals surface area contributed by atoms with Crippen LogP contribution in [0, 0.1) is 0 Å². The lowest BCUT2D eigenvalue weighted by Crippen LogP contribution is -2.23. The van der Waals surface area contributed by atoms with Gasteiger partial charge in [0.2, 0.25) is 0 Å². The molecule has 1 aromatic carbocycles. The molecule has 0 bridgehead atoms. The van der Waals surface area contributed by atoms with Crippen LogP contribution in [-0.4, -0.2) is 56.2 Å². The molecule has 152 valence electrons. The number of carbonyl (C=O) groups excluding carboxylic acids is 4. The molecule has 0 saturated heterocycles. The van der Waals surface area contributed by atoms with Crippen LogP contribution >= 0.6 is 0 Å². The second kappa shape index (κ2) is 11.7. The van der Waals surface area contributed by atoms with Gasteiger partial charge in [-0.3, -0.25) is 4.79 Å². The second-order valence-corrected chi connectivity index (χ2v) is 5.98. The van der Waals surface area contributed by atoms with Gasteiger partial charge in [0.1, 0.15) is 19.3 Å². The van der Waals surface area contributed by atoms with Crippen LogP contribution in [0.5, 0.6) is 0 Å². The van der Waals surface area contributed by atoms with E-state index < -0.39 is 24.0 Å². The number of ether oxygens (including phenoxy) is 4. The molecule has 0 aliphatic carbocycles. The van der Waals surface area contributed by atoms with Gasteiger partial charge in [-0.2, -0.15) is 0 Å². The normalized spacial score (nSPS) is 12.9. The van der Waals surface area contributed by atoms with Crippen molar-refractivity contribution in [2.45, 2.75) is 33.0 Å². The highest BCUT2D eigenvalue weighted by Gasteiger charge is 2.20. The van der Waals surface area contributed by atoms with Gasteiger partial charge in [-0.25, -0.2) is 14.4 Å². The summed E-state index contributed by atoms with van der Waals surface area (Å²) in [5, 5.41) is 0. The van der Waals surface area contributed by atoms with Crippen LogP contribution in [0.1, 0.15) is 41.5 Å². The van der Waals surface area contributed by atoms with Crippen LogP contribution in [0.4, 0.5) is 0 Å². The summed E-state index contributed by atoms with van der Waals surface area (Å²) >= 11 is 0. The van der Waals surface area contributed by atoms with E-state index in [4.69, 9.17) is 18.9 Å². The average molecular weight is 392 g/mol. The van der Waals surface area contributed by atoms with Gasteiger partial charge in [0.05, 0.1) is 17.2 Å². The Bertz CT molecular complexity index is 737. The van der Waals surface area contributed by atoms with Gasteiger partial charge in [0.25, 0.3) is 0 Å². The van der Waals surface area contributed by atoms with E-state index in [0.29, 0.717) is 0 Å². The van der Waals surface area contributed by atoms with E-state index in [1.54, 1.807) is 19.1 Å². The van der Waals surface area contributed by atoms with E-state index in [0.717, 1.165) is 12.2 Å². The Hall–Kier alpha value is -3.00. The zero-order valence-electron chi connectivity index (χ0n) is 16.3. The van der Waals surface area contributed by atoms with Crippen LogP contribution in [0.15, 0.2) is 36.4 Å². The van der Waals surface area contributed by atoms with Crippen molar-refractivity contribution in [1.82, 2.24) is 0 Å². The smallest absolute Gasteiger partial charge is 0.339 e. The van der Waals surface area contributed by atoms with Crippen molar-refractivity contribution < 1.29 is 38.1 Å². The van der Waals surface area contributed by atoms with Crippen LogP contribution < -0.4 is 0 Å². The topological polar surface area (TPSA) is 105 Å². The predicted octanol–water partition coefficient (Wildman–Crippen LogP) is 2.11. The van der Waals surface area contributed by atoms with E-state index in [2.05, 4.69) is 0 Å². The number of ketones is 1. The lowest BCUT2D eigenvalue weighted by Gasteiger charge is -2.14. The summed E-state index contributed by atoms with van der Waals surface area (Å²) in [6.45, 7) is 4.39. The molecule has 8 heteroatoms. The maximum Gasteiger partial charge on any atom is 0.339 e. The van der Waals surface area contributed by atoms with Crippen molar-refractivity contribution in [3.8, 4) is 0 Å². The van der Waals surface area contributed by atoms with E-state index in [-0.39, 0.29) is 36.2 Å². The fourth-order valence-electron chi connectivity index (χ4n) is 1.91. The molecule has 1 aromatic rings. The average Bonchev–Trinajstić information content (AvgIpc) is 2.68. The molecule has 2 atom stereocenters. The zero-order chi connectivity index (χ0) is 21.1. The van der Waals surface area contributed by atoms with Gasteiger partial charge in [-0.05, 0) is 39.0 Å². The Morgan fingerprint density at radius 3 is 1.86 bits per heavy atom. The first-order chi connectivity index (χ1) is 13.2. The van der Waals surface area contributed by atoms with Gasteiger partial charge < -0.3 is 18.9 Å². The number of allylic oxidation sites excluding steroid dienone is 1. The molecule has 1 rings (SSSR count). The van der Waals surface area contributed by atoms with Gasteiger partial charge in [0, 0.05) is 13.2 Å². The van der Waals surface area contributed by atoms with E-state index in [1.807, 2.05) is 0 Å². The molecule has 0 saturated carbocycles. The highest BCUT2D eigenvalue weighted by Crippen LogP contribution is 2.13. The van der Waals surface area contributed by atoms with Crippen molar-refractivity contribution in [3.63, 3.8) is 0 Å². The number of benzene rings is 1. The van der Waals surface area contributed by atoms with E-state index in [1.165, 1.54) is 33.1 Å². The van der Waals surface area contributed by atoms with Crippen LogP contribution in [0.25, 0.3) is 0 Å². The Morgan fingerprint density at radius 1 is 0.893 bits per heavy atom. The molecular formula is C20H24O8. The first-order valence-electron chi connectivity index (χ1n) is 8.60. The molecule has 0 aliphatic heterocycles. The van der Waals surface area contributed by atoms with Gasteiger partial charge in [-0.15, -0.1) is 0 Å². The standard InChI is InChI=1S/C20H24O8/c1-13(21)9-10-18(22)28-15(3)12-27-20(24)17-8-6-5-7-16(17)19(23)26-11-14(2)25-4/h5-10,14-15H,11-12H2,1-4H3. The highest BCUT2D eigenvalue weighted by atomic mass is 16.6.